The van der Waals surface area contributed by atoms with E-state index in [4.69, 9.17) is 9.84 Å². The van der Waals surface area contributed by atoms with Crippen LogP contribution in [0.2, 0.25) is 0 Å². The molecule has 2 atom stereocenters. The van der Waals surface area contributed by atoms with Gasteiger partial charge in [0.2, 0.25) is 0 Å². The van der Waals surface area contributed by atoms with Crippen molar-refractivity contribution < 1.29 is 19.4 Å². The average molecular weight is 325 g/mol. The molecule has 0 bridgehead atoms. The van der Waals surface area contributed by atoms with Crippen molar-refractivity contribution in [3.8, 4) is 0 Å². The highest BCUT2D eigenvalue weighted by atomic mass is 16.5. The van der Waals surface area contributed by atoms with Gasteiger partial charge in [0.1, 0.15) is 6.10 Å². The molecule has 0 saturated carbocycles. The van der Waals surface area contributed by atoms with Gasteiger partial charge in [-0.3, -0.25) is 4.79 Å². The molecule has 1 aliphatic heterocycles. The van der Waals surface area contributed by atoms with E-state index < -0.39 is 5.97 Å². The van der Waals surface area contributed by atoms with E-state index in [1.807, 2.05) is 37.3 Å². The first-order chi connectivity index (χ1) is 11.6. The number of ether oxygens (including phenoxy) is 1. The zero-order valence-corrected chi connectivity index (χ0v) is 13.4. The third-order valence-electron chi connectivity index (χ3n) is 4.24. The van der Waals surface area contributed by atoms with Crippen LogP contribution in [0.3, 0.4) is 0 Å². The minimum absolute atomic E-state index is 0.0309. The Bertz CT molecular complexity index is 727. The van der Waals surface area contributed by atoms with Crippen LogP contribution in [-0.4, -0.2) is 41.1 Å². The Hall–Kier alpha value is -2.66. The molecule has 2 aromatic carbocycles. The molecule has 2 aromatic rings. The number of morpholine rings is 1. The van der Waals surface area contributed by atoms with Gasteiger partial charge in [0.15, 0.2) is 0 Å². The number of carboxylic acid groups (broad SMARTS) is 1. The molecule has 5 nitrogen and oxygen atoms in total. The van der Waals surface area contributed by atoms with Crippen molar-refractivity contribution >= 4 is 11.9 Å². The maximum atomic E-state index is 12.8. The second kappa shape index (κ2) is 6.84. The van der Waals surface area contributed by atoms with Gasteiger partial charge < -0.3 is 14.7 Å². The summed E-state index contributed by atoms with van der Waals surface area (Å²) in [4.78, 5) is 25.5. The molecule has 1 fully saturated rings. The summed E-state index contributed by atoms with van der Waals surface area (Å²) in [6.45, 7) is 2.90. The van der Waals surface area contributed by atoms with E-state index in [2.05, 4.69) is 0 Å². The quantitative estimate of drug-likeness (QED) is 0.942. The Morgan fingerprint density at radius 1 is 1.04 bits per heavy atom. The summed E-state index contributed by atoms with van der Waals surface area (Å²) in [7, 11) is 0. The lowest BCUT2D eigenvalue weighted by molar-refractivity contribution is -0.0486. The average Bonchev–Trinajstić information content (AvgIpc) is 2.62. The number of nitrogens with zero attached hydrogens (tertiary/aromatic N) is 1. The topological polar surface area (TPSA) is 66.8 Å². The van der Waals surface area contributed by atoms with Gasteiger partial charge in [-0.25, -0.2) is 4.79 Å². The van der Waals surface area contributed by atoms with Gasteiger partial charge in [-0.05, 0) is 36.8 Å². The van der Waals surface area contributed by atoms with Crippen molar-refractivity contribution in [2.24, 2.45) is 0 Å². The second-order valence-electron chi connectivity index (χ2n) is 5.92. The molecule has 1 aliphatic rings. The number of benzene rings is 2. The van der Waals surface area contributed by atoms with Crippen LogP contribution >= 0.6 is 0 Å². The van der Waals surface area contributed by atoms with Gasteiger partial charge in [0, 0.05) is 5.56 Å². The highest BCUT2D eigenvalue weighted by Crippen LogP contribution is 2.26. The molecule has 1 N–H and O–H groups in total. The minimum atomic E-state index is -1.00. The van der Waals surface area contributed by atoms with E-state index >= 15 is 0 Å². The largest absolute Gasteiger partial charge is 0.478 e. The molecule has 1 heterocycles. The third kappa shape index (κ3) is 3.31. The van der Waals surface area contributed by atoms with Crippen LogP contribution in [0.1, 0.15) is 39.3 Å². The maximum absolute atomic E-state index is 12.8. The summed E-state index contributed by atoms with van der Waals surface area (Å²) in [6.07, 6.45) is -0.148. The first-order valence-corrected chi connectivity index (χ1v) is 7.87. The SMILES string of the molecule is C[C@@H]1CO[C@H](c2ccccc2)CN1C(=O)c1ccc(C(=O)O)cc1. The third-order valence-corrected chi connectivity index (χ3v) is 4.24. The smallest absolute Gasteiger partial charge is 0.335 e. The van der Waals surface area contributed by atoms with Crippen LogP contribution in [0, 0.1) is 0 Å². The van der Waals surface area contributed by atoms with E-state index in [0.717, 1.165) is 5.56 Å². The van der Waals surface area contributed by atoms with Gasteiger partial charge in [0.25, 0.3) is 5.91 Å². The molecule has 5 heteroatoms. The lowest BCUT2D eigenvalue weighted by Crippen LogP contribution is -2.48. The predicted octanol–water partition coefficient (Wildman–Crippen LogP) is 2.99. The summed E-state index contributed by atoms with van der Waals surface area (Å²) in [5.74, 6) is -1.11. The molecule has 0 spiro atoms. The number of carbonyl (C=O) groups is 2. The van der Waals surface area contributed by atoms with Crippen LogP contribution < -0.4 is 0 Å². The number of hydrogen-bond donors (Lipinski definition) is 1. The van der Waals surface area contributed by atoms with Crippen molar-refractivity contribution in [2.45, 2.75) is 19.1 Å². The number of rotatable bonds is 3. The van der Waals surface area contributed by atoms with Crippen LogP contribution in [0.5, 0.6) is 0 Å². The first-order valence-electron chi connectivity index (χ1n) is 7.87. The van der Waals surface area contributed by atoms with E-state index in [1.54, 1.807) is 17.0 Å². The number of aromatic carboxylic acids is 1. The number of amides is 1. The zero-order valence-electron chi connectivity index (χ0n) is 13.4. The van der Waals surface area contributed by atoms with Gasteiger partial charge in [-0.2, -0.15) is 0 Å². The molecular weight excluding hydrogens is 306 g/mol. The van der Waals surface area contributed by atoms with Gasteiger partial charge in [-0.15, -0.1) is 0 Å². The number of carboxylic acids is 1. The lowest BCUT2D eigenvalue weighted by atomic mass is 10.0. The highest BCUT2D eigenvalue weighted by Gasteiger charge is 2.31. The maximum Gasteiger partial charge on any atom is 0.335 e. The zero-order chi connectivity index (χ0) is 17.1. The Labute approximate surface area is 140 Å². The van der Waals surface area contributed by atoms with Crippen LogP contribution in [-0.2, 0) is 4.74 Å². The summed E-state index contributed by atoms with van der Waals surface area (Å²) in [5, 5.41) is 8.95. The van der Waals surface area contributed by atoms with Gasteiger partial charge in [0.05, 0.1) is 24.8 Å². The van der Waals surface area contributed by atoms with Crippen molar-refractivity contribution in [3.05, 3.63) is 71.3 Å². The highest BCUT2D eigenvalue weighted by molar-refractivity contribution is 5.96. The lowest BCUT2D eigenvalue weighted by Gasteiger charge is -2.38. The summed E-state index contributed by atoms with van der Waals surface area (Å²) < 4.78 is 5.87. The van der Waals surface area contributed by atoms with Crippen LogP contribution in [0.15, 0.2) is 54.6 Å². The second-order valence-corrected chi connectivity index (χ2v) is 5.92. The minimum Gasteiger partial charge on any atom is -0.478 e. The number of carbonyl (C=O) groups excluding carboxylic acids is 1. The molecule has 1 amide bonds. The van der Waals surface area contributed by atoms with Gasteiger partial charge >= 0.3 is 5.97 Å². The monoisotopic (exact) mass is 325 g/mol. The molecule has 0 aliphatic carbocycles. The van der Waals surface area contributed by atoms with Crippen molar-refractivity contribution in [1.82, 2.24) is 4.90 Å². The van der Waals surface area contributed by atoms with E-state index in [1.165, 1.54) is 12.1 Å². The van der Waals surface area contributed by atoms with E-state index in [0.29, 0.717) is 18.7 Å². The Morgan fingerprint density at radius 2 is 1.67 bits per heavy atom. The molecule has 1 saturated heterocycles. The summed E-state index contributed by atoms with van der Waals surface area (Å²) in [5.41, 5.74) is 1.70. The Kier molecular flexibility index (Phi) is 4.62. The Morgan fingerprint density at radius 3 is 2.29 bits per heavy atom. The van der Waals surface area contributed by atoms with Crippen LogP contribution in [0.25, 0.3) is 0 Å². The molecule has 124 valence electrons. The molecule has 24 heavy (non-hydrogen) atoms. The van der Waals surface area contributed by atoms with E-state index in [9.17, 15) is 9.59 Å². The van der Waals surface area contributed by atoms with Crippen molar-refractivity contribution in [1.29, 1.82) is 0 Å². The van der Waals surface area contributed by atoms with Gasteiger partial charge in [-0.1, -0.05) is 30.3 Å². The molecule has 0 aromatic heterocycles. The fourth-order valence-electron chi connectivity index (χ4n) is 2.83. The standard InChI is InChI=1S/C19H19NO4/c1-13-12-24-17(14-5-3-2-4-6-14)11-20(13)18(21)15-7-9-16(10-8-15)19(22)23/h2-10,13,17H,11-12H2,1H3,(H,22,23)/t13-,17+/m1/s1. The normalized spacial score (nSPS) is 20.6. The first kappa shape index (κ1) is 16.2. The molecule has 3 rings (SSSR count). The fraction of sp³-hybridized carbons (Fsp3) is 0.263. The van der Waals surface area contributed by atoms with Crippen LogP contribution in [0.4, 0.5) is 0 Å². The number of hydrogen-bond acceptors (Lipinski definition) is 3. The summed E-state index contributed by atoms with van der Waals surface area (Å²) >= 11 is 0. The predicted molar refractivity (Wildman–Crippen MR) is 89.0 cm³/mol. The van der Waals surface area contributed by atoms with Crippen molar-refractivity contribution in [2.75, 3.05) is 13.2 Å². The van der Waals surface area contributed by atoms with Crippen molar-refractivity contribution in [3.63, 3.8) is 0 Å². The molecule has 0 radical (unpaired) electrons. The van der Waals surface area contributed by atoms with E-state index in [-0.39, 0.29) is 23.6 Å². The molecule has 0 unspecified atom stereocenters. The Balaban J connectivity index is 1.78. The molecular formula is C19H19NO4. The fourth-order valence-corrected chi connectivity index (χ4v) is 2.83. The summed E-state index contributed by atoms with van der Waals surface area (Å²) in [6, 6.07) is 15.8.